The van der Waals surface area contributed by atoms with E-state index in [9.17, 15) is 4.79 Å². The molecule has 19 heavy (non-hydrogen) atoms. The zero-order valence-corrected chi connectivity index (χ0v) is 11.0. The molecule has 0 atom stereocenters. The molecule has 0 aliphatic heterocycles. The number of carbonyl (C=O) groups is 1. The molecule has 1 aromatic carbocycles. The van der Waals surface area contributed by atoms with E-state index >= 15 is 0 Å². The van der Waals surface area contributed by atoms with Crippen LogP contribution in [0.3, 0.4) is 0 Å². The van der Waals surface area contributed by atoms with Gasteiger partial charge in [0.15, 0.2) is 5.78 Å². The summed E-state index contributed by atoms with van der Waals surface area (Å²) in [7, 11) is 0. The molecule has 0 aliphatic carbocycles. The first kappa shape index (κ1) is 13.6. The highest BCUT2D eigenvalue weighted by molar-refractivity contribution is 6.30. The van der Waals surface area contributed by atoms with Crippen LogP contribution in [0.1, 0.15) is 21.7 Å². The van der Waals surface area contributed by atoms with Crippen LogP contribution in [0.25, 0.3) is 0 Å². The Morgan fingerprint density at radius 3 is 2.32 bits per heavy atom. The molecule has 0 radical (unpaired) electrons. The van der Waals surface area contributed by atoms with Gasteiger partial charge in [0.2, 0.25) is 0 Å². The number of aromatic nitrogens is 2. The zero-order valence-electron chi connectivity index (χ0n) is 10.2. The average Bonchev–Trinajstić information content (AvgIpc) is 2.46. The van der Waals surface area contributed by atoms with Gasteiger partial charge in [-0.15, -0.1) is 0 Å². The minimum absolute atomic E-state index is 0.331. The van der Waals surface area contributed by atoms with E-state index in [1.807, 2.05) is 24.3 Å². The minimum atomic E-state index is -0.520. The number of carbonyl (C=O) groups excluding carboxylic acids is 1. The van der Waals surface area contributed by atoms with Crippen LogP contribution in [0.2, 0.25) is 5.02 Å². The Bertz CT molecular complexity index is 553. The van der Waals surface area contributed by atoms with Crippen molar-refractivity contribution in [2.24, 2.45) is 0 Å². The molecule has 0 spiro atoms. The Morgan fingerprint density at radius 2 is 1.74 bits per heavy atom. The van der Waals surface area contributed by atoms with Crippen molar-refractivity contribution < 1.29 is 9.90 Å². The molecule has 0 amide bonds. The number of nitrogens with zero attached hydrogens (tertiary/aromatic N) is 2. The Balaban J connectivity index is 1.96. The summed E-state index contributed by atoms with van der Waals surface area (Å²) in [4.78, 5) is 19.4. The number of rotatable bonds is 5. The maximum absolute atomic E-state index is 11.2. The van der Waals surface area contributed by atoms with Gasteiger partial charge in [0.25, 0.3) is 0 Å². The smallest absolute Gasteiger partial charge is 0.191 e. The topological polar surface area (TPSA) is 63.1 Å². The number of hydrogen-bond donors (Lipinski definition) is 1. The highest BCUT2D eigenvalue weighted by Gasteiger charge is 2.05. The first-order chi connectivity index (χ1) is 9.19. The van der Waals surface area contributed by atoms with Crippen molar-refractivity contribution in [3.63, 3.8) is 0 Å². The predicted molar refractivity (Wildman–Crippen MR) is 72.3 cm³/mol. The van der Waals surface area contributed by atoms with E-state index in [0.717, 1.165) is 12.0 Å². The number of ketones is 1. The molecule has 0 aliphatic rings. The van der Waals surface area contributed by atoms with Crippen molar-refractivity contribution >= 4 is 17.4 Å². The first-order valence-electron chi connectivity index (χ1n) is 5.88. The lowest BCUT2D eigenvalue weighted by Crippen LogP contribution is -2.07. The number of benzene rings is 1. The Labute approximate surface area is 116 Å². The summed E-state index contributed by atoms with van der Waals surface area (Å²) >= 11 is 5.81. The number of Topliss-reactive ketones (excluding diaryl/α,β-unsaturated/α-hetero) is 1. The summed E-state index contributed by atoms with van der Waals surface area (Å²) in [5, 5.41) is 9.43. The number of aliphatic hydroxyl groups excluding tert-OH is 1. The van der Waals surface area contributed by atoms with E-state index in [2.05, 4.69) is 9.97 Å². The Hall–Kier alpha value is -1.78. The van der Waals surface area contributed by atoms with Crippen LogP contribution in [0.5, 0.6) is 0 Å². The van der Waals surface area contributed by atoms with Crippen molar-refractivity contribution in [1.82, 2.24) is 9.97 Å². The summed E-state index contributed by atoms with van der Waals surface area (Å²) < 4.78 is 0. The summed E-state index contributed by atoms with van der Waals surface area (Å²) in [5.41, 5.74) is 1.49. The van der Waals surface area contributed by atoms with Gasteiger partial charge >= 0.3 is 0 Å². The van der Waals surface area contributed by atoms with Crippen molar-refractivity contribution in [2.45, 2.75) is 12.8 Å². The SMILES string of the molecule is O=C(CO)c1cnc(CCc2ccc(Cl)cc2)nc1. The average molecular weight is 277 g/mol. The van der Waals surface area contributed by atoms with E-state index in [1.54, 1.807) is 0 Å². The van der Waals surface area contributed by atoms with E-state index < -0.39 is 6.61 Å². The van der Waals surface area contributed by atoms with E-state index in [4.69, 9.17) is 16.7 Å². The third-order valence-electron chi connectivity index (χ3n) is 2.72. The molecule has 1 N–H and O–H groups in total. The second-order valence-electron chi connectivity index (χ2n) is 4.10. The Kier molecular flexibility index (Phi) is 4.60. The van der Waals surface area contributed by atoms with Gasteiger partial charge in [0.05, 0.1) is 5.56 Å². The number of aryl methyl sites for hydroxylation is 2. The van der Waals surface area contributed by atoms with E-state index in [-0.39, 0.29) is 5.78 Å². The van der Waals surface area contributed by atoms with Crippen LogP contribution in [0.15, 0.2) is 36.7 Å². The molecule has 0 bridgehead atoms. The predicted octanol–water partition coefficient (Wildman–Crippen LogP) is 2.09. The molecule has 1 heterocycles. The first-order valence-corrected chi connectivity index (χ1v) is 6.26. The Morgan fingerprint density at radius 1 is 1.11 bits per heavy atom. The lowest BCUT2D eigenvalue weighted by Gasteiger charge is -2.02. The molecule has 5 heteroatoms. The summed E-state index contributed by atoms with van der Waals surface area (Å²) in [6.07, 6.45) is 4.39. The maximum Gasteiger partial charge on any atom is 0.191 e. The molecule has 0 unspecified atom stereocenters. The molecule has 2 aromatic rings. The summed E-state index contributed by atoms with van der Waals surface area (Å²) in [6.45, 7) is -0.520. The monoisotopic (exact) mass is 276 g/mol. The van der Waals surface area contributed by atoms with Crippen LogP contribution in [-0.2, 0) is 12.8 Å². The van der Waals surface area contributed by atoms with Crippen molar-refractivity contribution in [1.29, 1.82) is 0 Å². The maximum atomic E-state index is 11.2. The van der Waals surface area contributed by atoms with Crippen LogP contribution < -0.4 is 0 Å². The highest BCUT2D eigenvalue weighted by Crippen LogP contribution is 2.11. The van der Waals surface area contributed by atoms with Crippen molar-refractivity contribution in [3.8, 4) is 0 Å². The van der Waals surface area contributed by atoms with Crippen LogP contribution >= 0.6 is 11.6 Å². The second-order valence-corrected chi connectivity index (χ2v) is 4.53. The quantitative estimate of drug-likeness (QED) is 0.850. The highest BCUT2D eigenvalue weighted by atomic mass is 35.5. The summed E-state index contributed by atoms with van der Waals surface area (Å²) in [6, 6.07) is 7.62. The zero-order chi connectivity index (χ0) is 13.7. The fourth-order valence-electron chi connectivity index (χ4n) is 1.63. The molecular formula is C14H13ClN2O2. The van der Waals surface area contributed by atoms with Gasteiger partial charge in [0, 0.05) is 23.8 Å². The van der Waals surface area contributed by atoms with Crippen LogP contribution in [-0.4, -0.2) is 27.5 Å². The lowest BCUT2D eigenvalue weighted by molar-refractivity contribution is 0.0903. The van der Waals surface area contributed by atoms with Gasteiger partial charge in [0.1, 0.15) is 12.4 Å². The molecule has 0 saturated carbocycles. The minimum Gasteiger partial charge on any atom is -0.388 e. The fraction of sp³-hybridized carbons (Fsp3) is 0.214. The molecule has 0 fully saturated rings. The van der Waals surface area contributed by atoms with Crippen molar-refractivity contribution in [3.05, 3.63) is 58.6 Å². The molecule has 4 nitrogen and oxygen atoms in total. The lowest BCUT2D eigenvalue weighted by atomic mass is 10.1. The van der Waals surface area contributed by atoms with E-state index in [1.165, 1.54) is 12.4 Å². The van der Waals surface area contributed by atoms with Crippen LogP contribution in [0.4, 0.5) is 0 Å². The molecular weight excluding hydrogens is 264 g/mol. The van der Waals surface area contributed by atoms with Gasteiger partial charge in [-0.25, -0.2) is 9.97 Å². The number of aliphatic hydroxyl groups is 1. The van der Waals surface area contributed by atoms with Gasteiger partial charge in [-0.2, -0.15) is 0 Å². The van der Waals surface area contributed by atoms with Gasteiger partial charge in [-0.1, -0.05) is 23.7 Å². The van der Waals surface area contributed by atoms with E-state index in [0.29, 0.717) is 22.8 Å². The fourth-order valence-corrected chi connectivity index (χ4v) is 1.75. The second kappa shape index (κ2) is 6.41. The van der Waals surface area contributed by atoms with Gasteiger partial charge < -0.3 is 5.11 Å². The van der Waals surface area contributed by atoms with Crippen LogP contribution in [0, 0.1) is 0 Å². The van der Waals surface area contributed by atoms with Gasteiger partial charge in [-0.3, -0.25) is 4.79 Å². The number of halogens is 1. The molecule has 98 valence electrons. The number of hydrogen-bond acceptors (Lipinski definition) is 4. The van der Waals surface area contributed by atoms with Crippen molar-refractivity contribution in [2.75, 3.05) is 6.61 Å². The third kappa shape index (κ3) is 3.84. The molecule has 2 rings (SSSR count). The third-order valence-corrected chi connectivity index (χ3v) is 2.97. The molecule has 0 saturated heterocycles. The molecule has 1 aromatic heterocycles. The summed E-state index contributed by atoms with van der Waals surface area (Å²) in [5.74, 6) is 0.300. The van der Waals surface area contributed by atoms with Gasteiger partial charge in [-0.05, 0) is 24.1 Å². The standard InChI is InChI=1S/C14H13ClN2O2/c15-12-4-1-10(2-5-12)3-6-14-16-7-11(8-17-14)13(19)9-18/h1-2,4-5,7-8,18H,3,6,9H2. The largest absolute Gasteiger partial charge is 0.388 e. The normalized spacial score (nSPS) is 10.4.